The number of rotatable bonds is 11. The van der Waals surface area contributed by atoms with Gasteiger partial charge in [0.25, 0.3) is 0 Å². The second-order valence-corrected chi connectivity index (χ2v) is 8.01. The van der Waals surface area contributed by atoms with E-state index in [0.717, 1.165) is 5.56 Å². The van der Waals surface area contributed by atoms with Gasteiger partial charge in [-0.05, 0) is 31.4 Å². The number of carbonyl (C=O) groups is 3. The lowest BCUT2D eigenvalue weighted by atomic mass is 10.1. The van der Waals surface area contributed by atoms with Crippen LogP contribution in [0, 0.1) is 0 Å². The maximum absolute atomic E-state index is 12.5. The molecule has 0 saturated carbocycles. The van der Waals surface area contributed by atoms with Crippen LogP contribution in [-0.4, -0.2) is 69.5 Å². The van der Waals surface area contributed by atoms with E-state index in [0.29, 0.717) is 48.8 Å². The van der Waals surface area contributed by atoms with Gasteiger partial charge in [0.1, 0.15) is 11.4 Å². The Balaban J connectivity index is 2.09. The topological polar surface area (TPSA) is 103 Å². The first-order chi connectivity index (χ1) is 14.9. The zero-order valence-corrected chi connectivity index (χ0v) is 19.4. The molecule has 10 heteroatoms. The average Bonchev–Trinajstić information content (AvgIpc) is 3.13. The summed E-state index contributed by atoms with van der Waals surface area (Å²) >= 11 is 1.52. The molecule has 0 spiro atoms. The molecule has 0 bridgehead atoms. The number of esters is 1. The van der Waals surface area contributed by atoms with Crippen molar-refractivity contribution < 1.29 is 33.3 Å². The summed E-state index contributed by atoms with van der Waals surface area (Å²) in [5.74, 6) is 1.22. The molecular weight excluding hydrogens is 424 g/mol. The van der Waals surface area contributed by atoms with Crippen molar-refractivity contribution in [1.82, 2.24) is 10.2 Å². The highest BCUT2D eigenvalue weighted by atomic mass is 32.2. The Morgan fingerprint density at radius 1 is 1.13 bits per heavy atom. The third kappa shape index (κ3) is 5.96. The van der Waals surface area contributed by atoms with Crippen LogP contribution in [0.2, 0.25) is 0 Å². The van der Waals surface area contributed by atoms with E-state index >= 15 is 0 Å². The number of hydrogen-bond donors (Lipinski definition) is 1. The van der Waals surface area contributed by atoms with Crippen LogP contribution in [0.1, 0.15) is 37.1 Å². The molecule has 1 saturated heterocycles. The molecule has 172 valence electrons. The summed E-state index contributed by atoms with van der Waals surface area (Å²) in [4.78, 5) is 37.5. The molecule has 1 aromatic carbocycles. The molecule has 2 amide bonds. The van der Waals surface area contributed by atoms with Gasteiger partial charge < -0.3 is 29.2 Å². The average molecular weight is 455 g/mol. The second kappa shape index (κ2) is 11.7. The number of carbonyl (C=O) groups excluding carboxylic acids is 3. The summed E-state index contributed by atoms with van der Waals surface area (Å²) in [6, 6.07) is 2.99. The lowest BCUT2D eigenvalue weighted by molar-refractivity contribution is -0.145. The van der Waals surface area contributed by atoms with E-state index < -0.39 is 12.0 Å². The highest BCUT2D eigenvalue weighted by Crippen LogP contribution is 2.48. The molecule has 0 aromatic heterocycles. The predicted octanol–water partition coefficient (Wildman–Crippen LogP) is 2.13. The van der Waals surface area contributed by atoms with Gasteiger partial charge in [0.2, 0.25) is 17.6 Å². The zero-order chi connectivity index (χ0) is 23.0. The second-order valence-electron chi connectivity index (χ2n) is 6.95. The smallest absolute Gasteiger partial charge is 0.328 e. The molecule has 1 aromatic rings. The molecule has 2 atom stereocenters. The molecule has 2 unspecified atom stereocenters. The predicted molar refractivity (Wildman–Crippen MR) is 116 cm³/mol. The fraction of sp³-hybridized carbons (Fsp3) is 0.571. The van der Waals surface area contributed by atoms with Gasteiger partial charge in [0.05, 0.1) is 34.2 Å². The molecular formula is C21H30N2O7S. The third-order valence-corrected chi connectivity index (χ3v) is 6.21. The Bertz CT molecular complexity index is 802. The van der Waals surface area contributed by atoms with Crippen LogP contribution in [0.25, 0.3) is 0 Å². The van der Waals surface area contributed by atoms with Crippen LogP contribution >= 0.6 is 11.8 Å². The van der Waals surface area contributed by atoms with Crippen LogP contribution in [0.15, 0.2) is 12.1 Å². The number of thioether (sulfide) groups is 1. The van der Waals surface area contributed by atoms with Gasteiger partial charge in [-0.2, -0.15) is 0 Å². The Labute approximate surface area is 186 Å². The Morgan fingerprint density at radius 3 is 2.42 bits per heavy atom. The number of nitrogens with one attached hydrogen (secondary N) is 1. The highest BCUT2D eigenvalue weighted by molar-refractivity contribution is 8.00. The summed E-state index contributed by atoms with van der Waals surface area (Å²) in [5.41, 5.74) is 0.835. The molecule has 1 aliphatic heterocycles. The van der Waals surface area contributed by atoms with Crippen molar-refractivity contribution in [2.24, 2.45) is 0 Å². The summed E-state index contributed by atoms with van der Waals surface area (Å²) in [6.07, 6.45) is 1.75. The van der Waals surface area contributed by atoms with E-state index in [2.05, 4.69) is 5.32 Å². The van der Waals surface area contributed by atoms with Crippen molar-refractivity contribution in [1.29, 1.82) is 0 Å². The Morgan fingerprint density at radius 2 is 1.84 bits per heavy atom. The van der Waals surface area contributed by atoms with Gasteiger partial charge in [0, 0.05) is 19.0 Å². The minimum absolute atomic E-state index is 0.0400. The van der Waals surface area contributed by atoms with E-state index in [9.17, 15) is 14.4 Å². The van der Waals surface area contributed by atoms with Crippen molar-refractivity contribution in [3.63, 3.8) is 0 Å². The van der Waals surface area contributed by atoms with E-state index in [-0.39, 0.29) is 17.2 Å². The van der Waals surface area contributed by atoms with Crippen LogP contribution in [0.3, 0.4) is 0 Å². The fourth-order valence-electron chi connectivity index (χ4n) is 3.54. The third-order valence-electron chi connectivity index (χ3n) is 4.97. The zero-order valence-electron chi connectivity index (χ0n) is 18.6. The lowest BCUT2D eigenvalue weighted by Gasteiger charge is -2.27. The first-order valence-electron chi connectivity index (χ1n) is 9.92. The molecule has 1 N–H and O–H groups in total. The van der Waals surface area contributed by atoms with Crippen molar-refractivity contribution >= 4 is 29.5 Å². The van der Waals surface area contributed by atoms with Gasteiger partial charge in [-0.3, -0.25) is 9.59 Å². The van der Waals surface area contributed by atoms with Gasteiger partial charge in [-0.25, -0.2) is 4.79 Å². The Kier molecular flexibility index (Phi) is 9.29. The Hall–Kier alpha value is -2.62. The molecule has 1 fully saturated rings. The number of benzene rings is 1. The fourth-order valence-corrected chi connectivity index (χ4v) is 4.77. The molecule has 2 rings (SSSR count). The van der Waals surface area contributed by atoms with E-state index in [1.807, 2.05) is 6.07 Å². The number of methoxy groups -OCH3 is 4. The summed E-state index contributed by atoms with van der Waals surface area (Å²) < 4.78 is 21.1. The van der Waals surface area contributed by atoms with E-state index in [1.165, 1.54) is 25.8 Å². The van der Waals surface area contributed by atoms with E-state index in [4.69, 9.17) is 18.9 Å². The standard InChI is InChI=1S/C21H30N2O7S/c1-13(24)22-15(21(26)30-5)8-6-7-11-23-17(25)12-31-20(23)14-9-10-16(27-2)19(29-4)18(14)28-3/h9-10,15,20H,6-8,11-12H2,1-5H3,(H,22,24). The van der Waals surface area contributed by atoms with Crippen LogP contribution in [-0.2, 0) is 19.1 Å². The number of nitrogens with zero attached hydrogens (tertiary/aromatic N) is 1. The monoisotopic (exact) mass is 454 g/mol. The van der Waals surface area contributed by atoms with Crippen LogP contribution in [0.5, 0.6) is 17.2 Å². The summed E-state index contributed by atoms with van der Waals surface area (Å²) in [6.45, 7) is 1.87. The molecule has 31 heavy (non-hydrogen) atoms. The van der Waals surface area contributed by atoms with E-state index in [1.54, 1.807) is 32.3 Å². The molecule has 0 aliphatic carbocycles. The van der Waals surface area contributed by atoms with Crippen molar-refractivity contribution in [2.45, 2.75) is 37.6 Å². The maximum atomic E-state index is 12.5. The van der Waals surface area contributed by atoms with Crippen LogP contribution in [0.4, 0.5) is 0 Å². The molecule has 1 heterocycles. The minimum Gasteiger partial charge on any atom is -0.493 e. The van der Waals surface area contributed by atoms with Crippen LogP contribution < -0.4 is 19.5 Å². The van der Waals surface area contributed by atoms with Gasteiger partial charge in [-0.15, -0.1) is 11.8 Å². The number of hydrogen-bond acceptors (Lipinski definition) is 8. The number of unbranched alkanes of at least 4 members (excludes halogenated alkanes) is 1. The van der Waals surface area contributed by atoms with Gasteiger partial charge >= 0.3 is 5.97 Å². The summed E-state index contributed by atoms with van der Waals surface area (Å²) in [7, 11) is 5.95. The molecule has 0 radical (unpaired) electrons. The first-order valence-corrected chi connectivity index (χ1v) is 11.0. The minimum atomic E-state index is -0.687. The molecule has 1 aliphatic rings. The first kappa shape index (κ1) is 24.6. The SMILES string of the molecule is COC(=O)C(CCCCN1C(=O)CSC1c1ccc(OC)c(OC)c1OC)NC(C)=O. The van der Waals surface area contributed by atoms with Crippen molar-refractivity contribution in [3.05, 3.63) is 17.7 Å². The normalized spacial score (nSPS) is 16.6. The highest BCUT2D eigenvalue weighted by Gasteiger charge is 2.35. The number of ether oxygens (including phenoxy) is 4. The molecule has 9 nitrogen and oxygen atoms in total. The number of amides is 2. The van der Waals surface area contributed by atoms with Gasteiger partial charge in [-0.1, -0.05) is 0 Å². The largest absolute Gasteiger partial charge is 0.493 e. The lowest BCUT2D eigenvalue weighted by Crippen LogP contribution is -2.40. The maximum Gasteiger partial charge on any atom is 0.328 e. The van der Waals surface area contributed by atoms with Crippen molar-refractivity contribution in [2.75, 3.05) is 40.7 Å². The van der Waals surface area contributed by atoms with Crippen molar-refractivity contribution in [3.8, 4) is 17.2 Å². The summed E-state index contributed by atoms with van der Waals surface area (Å²) in [5, 5.41) is 2.39. The van der Waals surface area contributed by atoms with Gasteiger partial charge in [0.15, 0.2) is 11.5 Å². The quantitative estimate of drug-likeness (QED) is 0.401.